The summed E-state index contributed by atoms with van der Waals surface area (Å²) in [4.78, 5) is 11.8. The molecule has 1 rings (SSSR count). The van der Waals surface area contributed by atoms with Crippen LogP contribution in [0.1, 0.15) is 49.9 Å². The predicted octanol–water partition coefficient (Wildman–Crippen LogP) is 2.76. The Balaban J connectivity index is 3.04. The number of benzene rings is 1. The average Bonchev–Trinajstić information content (AvgIpc) is 2.50. The quantitative estimate of drug-likeness (QED) is 0.562. The van der Waals surface area contributed by atoms with Gasteiger partial charge in [-0.2, -0.15) is 0 Å². The van der Waals surface area contributed by atoms with Gasteiger partial charge in [0.05, 0.1) is 7.11 Å². The Morgan fingerprint density at radius 1 is 1.24 bits per heavy atom. The summed E-state index contributed by atoms with van der Waals surface area (Å²) in [7, 11) is -2.27. The highest BCUT2D eigenvalue weighted by molar-refractivity contribution is 7.89. The number of ether oxygens (including phenoxy) is 1. The Labute approximate surface area is 126 Å². The summed E-state index contributed by atoms with van der Waals surface area (Å²) < 4.78 is 32.3. The molecular weight excluding hydrogens is 290 g/mol. The molecule has 0 amide bonds. The molecule has 1 aromatic carbocycles. The van der Waals surface area contributed by atoms with Crippen molar-refractivity contribution in [2.24, 2.45) is 0 Å². The van der Waals surface area contributed by atoms with Crippen molar-refractivity contribution in [1.82, 2.24) is 4.72 Å². The second-order valence-electron chi connectivity index (χ2n) is 4.75. The number of hydrogen-bond acceptors (Lipinski definition) is 4. The fourth-order valence-electron chi connectivity index (χ4n) is 1.92. The third-order valence-electron chi connectivity index (χ3n) is 3.17. The first-order valence-electron chi connectivity index (χ1n) is 7.17. The van der Waals surface area contributed by atoms with Crippen molar-refractivity contribution in [3.63, 3.8) is 0 Å². The lowest BCUT2D eigenvalue weighted by molar-refractivity contribution is 0.0988. The molecule has 0 aliphatic rings. The van der Waals surface area contributed by atoms with E-state index in [2.05, 4.69) is 11.6 Å². The lowest BCUT2D eigenvalue weighted by atomic mass is 10.1. The van der Waals surface area contributed by atoms with Crippen LogP contribution in [0.3, 0.4) is 0 Å². The molecule has 0 fully saturated rings. The summed E-state index contributed by atoms with van der Waals surface area (Å²) in [5.41, 5.74) is 0.382. The molecule has 6 heteroatoms. The Bertz CT molecular complexity index is 581. The van der Waals surface area contributed by atoms with Gasteiger partial charge in [-0.15, -0.1) is 0 Å². The minimum absolute atomic E-state index is 0.0146. The summed E-state index contributed by atoms with van der Waals surface area (Å²) in [5.74, 6) is 0.144. The van der Waals surface area contributed by atoms with Crippen LogP contribution in [0, 0.1) is 0 Å². The molecule has 21 heavy (non-hydrogen) atoms. The molecular formula is C15H23NO4S. The first-order chi connectivity index (χ1) is 9.96. The zero-order valence-corrected chi connectivity index (χ0v) is 13.6. The molecule has 0 radical (unpaired) electrons. The van der Waals surface area contributed by atoms with E-state index in [1.165, 1.54) is 19.2 Å². The van der Waals surface area contributed by atoms with E-state index in [1.54, 1.807) is 13.0 Å². The van der Waals surface area contributed by atoms with Crippen LogP contribution in [0.25, 0.3) is 0 Å². The Morgan fingerprint density at radius 2 is 1.95 bits per heavy atom. The van der Waals surface area contributed by atoms with Crippen molar-refractivity contribution in [3.05, 3.63) is 23.8 Å². The Hall–Kier alpha value is -1.40. The zero-order valence-electron chi connectivity index (χ0n) is 12.8. The maximum absolute atomic E-state index is 12.3. The van der Waals surface area contributed by atoms with Crippen LogP contribution in [-0.4, -0.2) is 27.9 Å². The molecule has 0 aliphatic heterocycles. The molecule has 0 saturated heterocycles. The van der Waals surface area contributed by atoms with E-state index in [4.69, 9.17) is 4.74 Å². The fraction of sp³-hybridized carbons (Fsp3) is 0.533. The summed E-state index contributed by atoms with van der Waals surface area (Å²) >= 11 is 0. The van der Waals surface area contributed by atoms with Gasteiger partial charge < -0.3 is 4.74 Å². The molecule has 0 saturated carbocycles. The van der Waals surface area contributed by atoms with Crippen LogP contribution < -0.4 is 9.46 Å². The molecule has 5 nitrogen and oxygen atoms in total. The van der Waals surface area contributed by atoms with Gasteiger partial charge in [-0.3, -0.25) is 4.79 Å². The lowest BCUT2D eigenvalue weighted by Gasteiger charge is -2.12. The van der Waals surface area contributed by atoms with E-state index >= 15 is 0 Å². The number of ketones is 1. The second kappa shape index (κ2) is 8.14. The fourth-order valence-corrected chi connectivity index (χ4v) is 3.19. The summed E-state index contributed by atoms with van der Waals surface area (Å²) in [6.07, 6.45) is 3.10. The van der Waals surface area contributed by atoms with Crippen molar-refractivity contribution in [2.75, 3.05) is 13.7 Å². The van der Waals surface area contributed by atoms with Gasteiger partial charge in [0, 0.05) is 18.5 Å². The largest absolute Gasteiger partial charge is 0.495 e. The van der Waals surface area contributed by atoms with Crippen LogP contribution in [0.15, 0.2) is 23.1 Å². The lowest BCUT2D eigenvalue weighted by Crippen LogP contribution is -2.25. The van der Waals surface area contributed by atoms with Crippen LogP contribution in [0.5, 0.6) is 5.75 Å². The van der Waals surface area contributed by atoms with Gasteiger partial charge in [-0.05, 0) is 24.6 Å². The van der Waals surface area contributed by atoms with E-state index in [0.29, 0.717) is 18.5 Å². The third-order valence-corrected chi connectivity index (χ3v) is 4.65. The highest BCUT2D eigenvalue weighted by Gasteiger charge is 2.20. The first kappa shape index (κ1) is 17.7. The standard InChI is InChI=1S/C15H23NO4S/c1-4-6-7-10-16-21(18,19)15-11-12(13(17)5-2)8-9-14(15)20-3/h8-9,11,16H,4-7,10H2,1-3H3. The van der Waals surface area contributed by atoms with Crippen LogP contribution in [0.4, 0.5) is 0 Å². The molecule has 0 spiro atoms. The Kier molecular flexibility index (Phi) is 6.84. The van der Waals surface area contributed by atoms with Crippen LogP contribution in [-0.2, 0) is 10.0 Å². The molecule has 0 unspecified atom stereocenters. The van der Waals surface area contributed by atoms with E-state index < -0.39 is 10.0 Å². The van der Waals surface area contributed by atoms with E-state index in [0.717, 1.165) is 19.3 Å². The number of nitrogens with one attached hydrogen (secondary N) is 1. The molecule has 0 aromatic heterocycles. The second-order valence-corrected chi connectivity index (χ2v) is 6.48. The number of rotatable bonds is 9. The topological polar surface area (TPSA) is 72.5 Å². The first-order valence-corrected chi connectivity index (χ1v) is 8.65. The summed E-state index contributed by atoms with van der Waals surface area (Å²) in [6, 6.07) is 4.48. The van der Waals surface area contributed by atoms with Crippen LogP contribution in [0.2, 0.25) is 0 Å². The number of methoxy groups -OCH3 is 1. The monoisotopic (exact) mass is 313 g/mol. The number of carbonyl (C=O) groups excluding carboxylic acids is 1. The average molecular weight is 313 g/mol. The van der Waals surface area contributed by atoms with Gasteiger partial charge in [-0.25, -0.2) is 13.1 Å². The normalized spacial score (nSPS) is 11.4. The molecule has 118 valence electrons. The predicted molar refractivity (Wildman–Crippen MR) is 82.3 cm³/mol. The minimum atomic E-state index is -3.67. The minimum Gasteiger partial charge on any atom is -0.495 e. The van der Waals surface area contributed by atoms with Crippen molar-refractivity contribution in [2.45, 2.75) is 44.4 Å². The summed E-state index contributed by atoms with van der Waals surface area (Å²) in [5, 5.41) is 0. The molecule has 0 heterocycles. The van der Waals surface area contributed by atoms with Crippen LogP contribution >= 0.6 is 0 Å². The molecule has 1 aromatic rings. The highest BCUT2D eigenvalue weighted by atomic mass is 32.2. The van der Waals surface area contributed by atoms with Gasteiger partial charge in [-0.1, -0.05) is 26.7 Å². The van der Waals surface area contributed by atoms with Gasteiger partial charge >= 0.3 is 0 Å². The van der Waals surface area contributed by atoms with E-state index in [9.17, 15) is 13.2 Å². The number of Topliss-reactive ketones (excluding diaryl/α,β-unsaturated/α-hetero) is 1. The maximum atomic E-state index is 12.3. The van der Waals surface area contributed by atoms with Gasteiger partial charge in [0.15, 0.2) is 5.78 Å². The van der Waals surface area contributed by atoms with Crippen molar-refractivity contribution < 1.29 is 17.9 Å². The third kappa shape index (κ3) is 4.82. The van der Waals surface area contributed by atoms with Crippen molar-refractivity contribution in [3.8, 4) is 5.75 Å². The molecule has 0 atom stereocenters. The number of hydrogen-bond donors (Lipinski definition) is 1. The van der Waals surface area contributed by atoms with E-state index in [1.807, 2.05) is 0 Å². The van der Waals surface area contributed by atoms with E-state index in [-0.39, 0.29) is 16.4 Å². The van der Waals surface area contributed by atoms with Gasteiger partial charge in [0.25, 0.3) is 0 Å². The zero-order chi connectivity index (χ0) is 15.9. The highest BCUT2D eigenvalue weighted by Crippen LogP contribution is 2.25. The van der Waals surface area contributed by atoms with Gasteiger partial charge in [0.1, 0.15) is 10.6 Å². The molecule has 0 aliphatic carbocycles. The summed E-state index contributed by atoms with van der Waals surface area (Å²) in [6.45, 7) is 4.17. The number of sulfonamides is 1. The van der Waals surface area contributed by atoms with Gasteiger partial charge in [0.2, 0.25) is 10.0 Å². The Morgan fingerprint density at radius 3 is 2.52 bits per heavy atom. The van der Waals surface area contributed by atoms with Crippen molar-refractivity contribution in [1.29, 1.82) is 0 Å². The molecule has 0 bridgehead atoms. The smallest absolute Gasteiger partial charge is 0.244 e. The maximum Gasteiger partial charge on any atom is 0.244 e. The number of carbonyl (C=O) groups is 1. The molecule has 1 N–H and O–H groups in total. The van der Waals surface area contributed by atoms with Crippen molar-refractivity contribution >= 4 is 15.8 Å². The number of unbranched alkanes of at least 4 members (excludes halogenated alkanes) is 2. The SMILES string of the molecule is CCCCCNS(=O)(=O)c1cc(C(=O)CC)ccc1OC.